The van der Waals surface area contributed by atoms with Crippen LogP contribution in [0.25, 0.3) is 5.69 Å². The van der Waals surface area contributed by atoms with Gasteiger partial charge in [-0.25, -0.2) is 4.68 Å². The van der Waals surface area contributed by atoms with Crippen LogP contribution in [-0.2, 0) is 6.54 Å². The smallest absolute Gasteiger partial charge is 0.0648 e. The standard InChI is InChI=1S/C18H23N3/c1-4-5-6-10-13-19-14-18-15(2)20-21(16(18)3)17-11-8-7-9-12-17/h1,7-9,11-12,19H,5-6,10,13-14H2,2-3H3. The van der Waals surface area contributed by atoms with Crippen LogP contribution >= 0.6 is 0 Å². The maximum atomic E-state index is 5.25. The lowest BCUT2D eigenvalue weighted by molar-refractivity contribution is 0.627. The van der Waals surface area contributed by atoms with Crippen molar-refractivity contribution in [3.8, 4) is 18.0 Å². The Balaban J connectivity index is 1.98. The van der Waals surface area contributed by atoms with Crippen molar-refractivity contribution in [3.05, 3.63) is 47.3 Å². The molecular formula is C18H23N3. The predicted molar refractivity (Wildman–Crippen MR) is 87.4 cm³/mol. The Morgan fingerprint density at radius 1 is 1.19 bits per heavy atom. The number of aromatic nitrogens is 2. The summed E-state index contributed by atoms with van der Waals surface area (Å²) in [7, 11) is 0. The first kappa shape index (κ1) is 15.3. The van der Waals surface area contributed by atoms with Gasteiger partial charge in [-0.1, -0.05) is 18.2 Å². The average Bonchev–Trinajstić information content (AvgIpc) is 2.79. The number of hydrogen-bond donors (Lipinski definition) is 1. The molecule has 2 rings (SSSR count). The summed E-state index contributed by atoms with van der Waals surface area (Å²) in [5.74, 6) is 2.67. The zero-order valence-electron chi connectivity index (χ0n) is 12.9. The van der Waals surface area contributed by atoms with E-state index >= 15 is 0 Å². The number of terminal acetylenes is 1. The van der Waals surface area contributed by atoms with E-state index in [1.54, 1.807) is 0 Å². The molecule has 21 heavy (non-hydrogen) atoms. The van der Waals surface area contributed by atoms with E-state index in [0.29, 0.717) is 0 Å². The molecule has 0 atom stereocenters. The molecule has 0 saturated heterocycles. The van der Waals surface area contributed by atoms with E-state index in [4.69, 9.17) is 6.42 Å². The molecule has 0 fully saturated rings. The Kier molecular flexibility index (Phi) is 5.59. The fraction of sp³-hybridized carbons (Fsp3) is 0.389. The minimum atomic E-state index is 0.862. The highest BCUT2D eigenvalue weighted by atomic mass is 15.3. The molecule has 1 heterocycles. The van der Waals surface area contributed by atoms with Gasteiger partial charge in [-0.3, -0.25) is 0 Å². The number of unbranched alkanes of at least 4 members (excludes halogenated alkanes) is 2. The molecule has 0 unspecified atom stereocenters. The topological polar surface area (TPSA) is 29.9 Å². The highest BCUT2D eigenvalue weighted by molar-refractivity contribution is 5.36. The molecule has 0 aliphatic heterocycles. The molecule has 0 saturated carbocycles. The van der Waals surface area contributed by atoms with E-state index in [0.717, 1.165) is 43.7 Å². The van der Waals surface area contributed by atoms with Gasteiger partial charge in [0.1, 0.15) is 0 Å². The van der Waals surface area contributed by atoms with Crippen molar-refractivity contribution in [2.75, 3.05) is 6.54 Å². The van der Waals surface area contributed by atoms with Crippen molar-refractivity contribution >= 4 is 0 Å². The van der Waals surface area contributed by atoms with Gasteiger partial charge in [0.15, 0.2) is 0 Å². The molecule has 3 heteroatoms. The zero-order chi connectivity index (χ0) is 15.1. The lowest BCUT2D eigenvalue weighted by atomic mass is 10.2. The van der Waals surface area contributed by atoms with E-state index < -0.39 is 0 Å². The van der Waals surface area contributed by atoms with Crippen LogP contribution in [0.4, 0.5) is 0 Å². The molecule has 110 valence electrons. The minimum Gasteiger partial charge on any atom is -0.313 e. The molecule has 1 aromatic heterocycles. The fourth-order valence-corrected chi connectivity index (χ4v) is 2.44. The van der Waals surface area contributed by atoms with Gasteiger partial charge in [-0.15, -0.1) is 12.3 Å². The summed E-state index contributed by atoms with van der Waals surface area (Å²) >= 11 is 0. The van der Waals surface area contributed by atoms with Crippen LogP contribution in [0.15, 0.2) is 30.3 Å². The first-order valence-electron chi connectivity index (χ1n) is 7.48. The first-order valence-corrected chi connectivity index (χ1v) is 7.48. The van der Waals surface area contributed by atoms with E-state index in [-0.39, 0.29) is 0 Å². The summed E-state index contributed by atoms with van der Waals surface area (Å²) in [6.07, 6.45) is 8.33. The molecule has 1 aromatic carbocycles. The normalized spacial score (nSPS) is 10.5. The van der Waals surface area contributed by atoms with Crippen molar-refractivity contribution < 1.29 is 0 Å². The number of nitrogens with zero attached hydrogens (tertiary/aromatic N) is 2. The van der Waals surface area contributed by atoms with Crippen LogP contribution in [0.5, 0.6) is 0 Å². The lowest BCUT2D eigenvalue weighted by Gasteiger charge is -2.06. The Hall–Kier alpha value is -2.05. The van der Waals surface area contributed by atoms with Crippen LogP contribution in [0.1, 0.15) is 36.2 Å². The van der Waals surface area contributed by atoms with Crippen molar-refractivity contribution in [2.24, 2.45) is 0 Å². The Morgan fingerprint density at radius 3 is 2.67 bits per heavy atom. The Morgan fingerprint density at radius 2 is 1.95 bits per heavy atom. The summed E-state index contributed by atoms with van der Waals surface area (Å²) in [5, 5.41) is 8.14. The van der Waals surface area contributed by atoms with E-state index in [2.05, 4.69) is 42.3 Å². The SMILES string of the molecule is C#CCCCCNCc1c(C)nn(-c2ccccc2)c1C. The predicted octanol–water partition coefficient (Wildman–Crippen LogP) is 3.38. The summed E-state index contributed by atoms with van der Waals surface area (Å²) in [6.45, 7) is 6.06. The van der Waals surface area contributed by atoms with Crippen LogP contribution in [0.2, 0.25) is 0 Å². The van der Waals surface area contributed by atoms with Gasteiger partial charge < -0.3 is 5.32 Å². The summed E-state index contributed by atoms with van der Waals surface area (Å²) in [4.78, 5) is 0. The van der Waals surface area contributed by atoms with Gasteiger partial charge in [0.25, 0.3) is 0 Å². The van der Waals surface area contributed by atoms with Gasteiger partial charge in [0.2, 0.25) is 0 Å². The van der Waals surface area contributed by atoms with Crippen molar-refractivity contribution in [1.29, 1.82) is 0 Å². The number of hydrogen-bond acceptors (Lipinski definition) is 2. The van der Waals surface area contributed by atoms with E-state index in [1.165, 1.54) is 11.3 Å². The first-order chi connectivity index (χ1) is 10.2. The number of aryl methyl sites for hydroxylation is 1. The molecule has 0 radical (unpaired) electrons. The van der Waals surface area contributed by atoms with E-state index in [1.807, 2.05) is 22.9 Å². The minimum absolute atomic E-state index is 0.862. The number of para-hydroxylation sites is 1. The summed E-state index contributed by atoms with van der Waals surface area (Å²) in [5.41, 5.74) is 4.69. The fourth-order valence-electron chi connectivity index (χ4n) is 2.44. The average molecular weight is 281 g/mol. The highest BCUT2D eigenvalue weighted by Crippen LogP contribution is 2.17. The Bertz CT molecular complexity index is 605. The molecule has 3 nitrogen and oxygen atoms in total. The quantitative estimate of drug-likeness (QED) is 0.623. The molecule has 0 aliphatic carbocycles. The molecular weight excluding hydrogens is 258 g/mol. The van der Waals surface area contributed by atoms with Crippen LogP contribution < -0.4 is 5.32 Å². The Labute approximate surface area is 127 Å². The third-order valence-electron chi connectivity index (χ3n) is 3.67. The summed E-state index contributed by atoms with van der Waals surface area (Å²) < 4.78 is 2.02. The maximum absolute atomic E-state index is 5.25. The van der Waals surface area contributed by atoms with Crippen LogP contribution in [0.3, 0.4) is 0 Å². The second-order valence-electron chi connectivity index (χ2n) is 5.23. The number of nitrogens with one attached hydrogen (secondary N) is 1. The zero-order valence-corrected chi connectivity index (χ0v) is 12.9. The molecule has 2 aromatic rings. The number of benzene rings is 1. The van der Waals surface area contributed by atoms with E-state index in [9.17, 15) is 0 Å². The number of rotatable bonds is 7. The molecule has 1 N–H and O–H groups in total. The highest BCUT2D eigenvalue weighted by Gasteiger charge is 2.11. The van der Waals surface area contributed by atoms with Gasteiger partial charge in [0, 0.05) is 24.2 Å². The third-order valence-corrected chi connectivity index (χ3v) is 3.67. The lowest BCUT2D eigenvalue weighted by Crippen LogP contribution is -2.15. The molecule has 0 amide bonds. The van der Waals surface area contributed by atoms with Gasteiger partial charge in [0.05, 0.1) is 11.4 Å². The largest absolute Gasteiger partial charge is 0.313 e. The van der Waals surface area contributed by atoms with Crippen LogP contribution in [-0.4, -0.2) is 16.3 Å². The second-order valence-corrected chi connectivity index (χ2v) is 5.23. The molecule has 0 aliphatic rings. The van der Waals surface area contributed by atoms with Gasteiger partial charge >= 0.3 is 0 Å². The van der Waals surface area contributed by atoms with Gasteiger partial charge in [-0.05, 0) is 45.4 Å². The van der Waals surface area contributed by atoms with Crippen molar-refractivity contribution in [2.45, 2.75) is 39.7 Å². The van der Waals surface area contributed by atoms with Crippen molar-refractivity contribution in [3.63, 3.8) is 0 Å². The maximum Gasteiger partial charge on any atom is 0.0648 e. The van der Waals surface area contributed by atoms with Gasteiger partial charge in [-0.2, -0.15) is 5.10 Å². The summed E-state index contributed by atoms with van der Waals surface area (Å²) in [6, 6.07) is 10.3. The molecule has 0 spiro atoms. The van der Waals surface area contributed by atoms with Crippen LogP contribution in [0, 0.1) is 26.2 Å². The second kappa shape index (κ2) is 7.66. The monoisotopic (exact) mass is 281 g/mol. The van der Waals surface area contributed by atoms with Crippen molar-refractivity contribution in [1.82, 2.24) is 15.1 Å². The molecule has 0 bridgehead atoms. The third kappa shape index (κ3) is 3.96.